The minimum Gasteiger partial charge on any atom is -0.355 e. The zero-order chi connectivity index (χ0) is 19.5. The van der Waals surface area contributed by atoms with Gasteiger partial charge in [-0.05, 0) is 38.8 Å². The van der Waals surface area contributed by atoms with Gasteiger partial charge < -0.3 is 9.80 Å². The van der Waals surface area contributed by atoms with Crippen molar-refractivity contribution < 1.29 is 4.79 Å². The first-order chi connectivity index (χ1) is 13.7. The van der Waals surface area contributed by atoms with Crippen molar-refractivity contribution in [1.29, 1.82) is 0 Å². The zero-order valence-electron chi connectivity index (χ0n) is 16.5. The highest BCUT2D eigenvalue weighted by atomic mass is 16.2. The van der Waals surface area contributed by atoms with Crippen molar-refractivity contribution in [3.05, 3.63) is 42.9 Å². The van der Waals surface area contributed by atoms with Gasteiger partial charge in [-0.25, -0.2) is 14.6 Å². The monoisotopic (exact) mass is 378 g/mol. The summed E-state index contributed by atoms with van der Waals surface area (Å²) < 4.78 is 1.84. The number of carbonyl (C=O) groups excluding carboxylic acids is 1. The first-order valence-electron chi connectivity index (χ1n) is 10.0. The second-order valence-corrected chi connectivity index (χ2v) is 7.12. The summed E-state index contributed by atoms with van der Waals surface area (Å²) in [5.41, 5.74) is 1.75. The number of rotatable bonds is 5. The molecule has 1 aliphatic heterocycles. The summed E-state index contributed by atoms with van der Waals surface area (Å²) in [6.07, 6.45) is 5.33. The van der Waals surface area contributed by atoms with E-state index in [2.05, 4.69) is 20.0 Å². The highest BCUT2D eigenvalue weighted by Crippen LogP contribution is 2.29. The van der Waals surface area contributed by atoms with E-state index in [0.29, 0.717) is 6.54 Å². The Morgan fingerprint density at radius 3 is 2.71 bits per heavy atom. The van der Waals surface area contributed by atoms with Crippen molar-refractivity contribution in [2.75, 3.05) is 31.1 Å². The van der Waals surface area contributed by atoms with E-state index in [-0.39, 0.29) is 11.8 Å². The van der Waals surface area contributed by atoms with Crippen LogP contribution in [-0.4, -0.2) is 56.7 Å². The SMILES string of the molecule is CCN(CC)C(=O)[C@@H]1CCCN(c2ncnc3c2cnn3-c2ccccc2)C1. The molecule has 1 aliphatic rings. The summed E-state index contributed by atoms with van der Waals surface area (Å²) in [4.78, 5) is 26.0. The largest absolute Gasteiger partial charge is 0.355 e. The number of anilines is 1. The smallest absolute Gasteiger partial charge is 0.227 e. The molecule has 7 heteroatoms. The molecule has 0 saturated carbocycles. The summed E-state index contributed by atoms with van der Waals surface area (Å²) in [7, 11) is 0. The maximum absolute atomic E-state index is 12.8. The van der Waals surface area contributed by atoms with E-state index in [1.54, 1.807) is 6.33 Å². The van der Waals surface area contributed by atoms with Crippen LogP contribution in [0.1, 0.15) is 26.7 Å². The summed E-state index contributed by atoms with van der Waals surface area (Å²) in [6.45, 7) is 7.17. The molecule has 3 aromatic rings. The average Bonchev–Trinajstić information content (AvgIpc) is 3.19. The van der Waals surface area contributed by atoms with Crippen LogP contribution in [0.4, 0.5) is 5.82 Å². The predicted molar refractivity (Wildman–Crippen MR) is 110 cm³/mol. The van der Waals surface area contributed by atoms with Crippen LogP contribution in [0.15, 0.2) is 42.9 Å². The predicted octanol–water partition coefficient (Wildman–Crippen LogP) is 2.90. The third-order valence-electron chi connectivity index (χ3n) is 5.49. The van der Waals surface area contributed by atoms with Crippen molar-refractivity contribution in [3.63, 3.8) is 0 Å². The molecular formula is C21H26N6O. The Labute approximate surface area is 165 Å². The topological polar surface area (TPSA) is 67.2 Å². The van der Waals surface area contributed by atoms with E-state index in [4.69, 9.17) is 0 Å². The molecule has 0 bridgehead atoms. The molecule has 0 unspecified atom stereocenters. The van der Waals surface area contributed by atoms with Crippen LogP contribution < -0.4 is 4.90 Å². The minimum absolute atomic E-state index is 0.0165. The molecular weight excluding hydrogens is 352 g/mol. The molecule has 146 valence electrons. The van der Waals surface area contributed by atoms with E-state index < -0.39 is 0 Å². The van der Waals surface area contributed by atoms with E-state index in [1.807, 2.05) is 60.0 Å². The Kier molecular flexibility index (Phi) is 5.23. The summed E-state index contributed by atoms with van der Waals surface area (Å²) in [6, 6.07) is 9.97. The lowest BCUT2D eigenvalue weighted by molar-refractivity contribution is -0.135. The van der Waals surface area contributed by atoms with Crippen LogP contribution in [0.5, 0.6) is 0 Å². The molecule has 1 atom stereocenters. The zero-order valence-corrected chi connectivity index (χ0v) is 16.5. The maximum Gasteiger partial charge on any atom is 0.227 e. The molecule has 2 aromatic heterocycles. The van der Waals surface area contributed by atoms with Crippen molar-refractivity contribution in [2.24, 2.45) is 5.92 Å². The first kappa shape index (κ1) is 18.4. The van der Waals surface area contributed by atoms with Gasteiger partial charge in [-0.2, -0.15) is 5.10 Å². The number of nitrogens with zero attached hydrogens (tertiary/aromatic N) is 6. The molecule has 0 N–H and O–H groups in total. The molecule has 1 amide bonds. The van der Waals surface area contributed by atoms with Gasteiger partial charge in [0, 0.05) is 26.2 Å². The number of amides is 1. The molecule has 1 saturated heterocycles. The lowest BCUT2D eigenvalue weighted by Crippen LogP contribution is -2.45. The van der Waals surface area contributed by atoms with Crippen LogP contribution >= 0.6 is 0 Å². The van der Waals surface area contributed by atoms with E-state index >= 15 is 0 Å². The van der Waals surface area contributed by atoms with Gasteiger partial charge in [0.2, 0.25) is 5.91 Å². The van der Waals surface area contributed by atoms with Gasteiger partial charge in [-0.1, -0.05) is 18.2 Å². The normalized spacial score (nSPS) is 17.1. The van der Waals surface area contributed by atoms with Crippen molar-refractivity contribution in [3.8, 4) is 5.69 Å². The molecule has 0 spiro atoms. The third kappa shape index (κ3) is 3.32. The van der Waals surface area contributed by atoms with Crippen LogP contribution in [0, 0.1) is 5.92 Å². The van der Waals surface area contributed by atoms with Gasteiger partial charge in [-0.3, -0.25) is 4.79 Å². The van der Waals surface area contributed by atoms with Gasteiger partial charge in [0.25, 0.3) is 0 Å². The van der Waals surface area contributed by atoms with Crippen LogP contribution in [-0.2, 0) is 4.79 Å². The van der Waals surface area contributed by atoms with E-state index in [9.17, 15) is 4.79 Å². The molecule has 1 fully saturated rings. The number of hydrogen-bond donors (Lipinski definition) is 0. The highest BCUT2D eigenvalue weighted by Gasteiger charge is 2.30. The molecule has 3 heterocycles. The molecule has 0 radical (unpaired) electrons. The number of piperidine rings is 1. The molecule has 4 rings (SSSR count). The average molecular weight is 378 g/mol. The standard InChI is InChI=1S/C21H26N6O/c1-3-25(4-2)21(28)16-9-8-12-26(14-16)19-18-13-24-27(20(18)23-15-22-19)17-10-6-5-7-11-17/h5-7,10-11,13,15-16H,3-4,8-9,12,14H2,1-2H3/t16-/m1/s1. The minimum atomic E-state index is 0.0165. The van der Waals surface area contributed by atoms with Crippen molar-refractivity contribution in [1.82, 2.24) is 24.6 Å². The van der Waals surface area contributed by atoms with Crippen LogP contribution in [0.3, 0.4) is 0 Å². The molecule has 0 aliphatic carbocycles. The molecule has 7 nitrogen and oxygen atoms in total. The Morgan fingerprint density at radius 1 is 1.18 bits per heavy atom. The Bertz CT molecular complexity index is 950. The fourth-order valence-electron chi connectivity index (χ4n) is 4.01. The fraction of sp³-hybridized carbons (Fsp3) is 0.429. The van der Waals surface area contributed by atoms with Crippen molar-refractivity contribution in [2.45, 2.75) is 26.7 Å². The number of aromatic nitrogens is 4. The third-order valence-corrected chi connectivity index (χ3v) is 5.49. The van der Waals surface area contributed by atoms with Gasteiger partial charge in [0.05, 0.1) is 23.2 Å². The van der Waals surface area contributed by atoms with Crippen LogP contribution in [0.2, 0.25) is 0 Å². The lowest BCUT2D eigenvalue weighted by Gasteiger charge is -2.35. The second kappa shape index (κ2) is 7.96. The number of carbonyl (C=O) groups is 1. The summed E-state index contributed by atoms with van der Waals surface area (Å²) in [5.74, 6) is 1.13. The van der Waals surface area contributed by atoms with Gasteiger partial charge in [0.15, 0.2) is 5.65 Å². The van der Waals surface area contributed by atoms with Gasteiger partial charge >= 0.3 is 0 Å². The Morgan fingerprint density at radius 2 is 1.96 bits per heavy atom. The molecule has 28 heavy (non-hydrogen) atoms. The number of benzene rings is 1. The lowest BCUT2D eigenvalue weighted by atomic mass is 9.96. The number of hydrogen-bond acceptors (Lipinski definition) is 5. The second-order valence-electron chi connectivity index (χ2n) is 7.12. The Hall–Kier alpha value is -2.96. The van der Waals surface area contributed by atoms with Crippen LogP contribution in [0.25, 0.3) is 16.7 Å². The maximum atomic E-state index is 12.8. The highest BCUT2D eigenvalue weighted by molar-refractivity contribution is 5.88. The molecule has 1 aromatic carbocycles. The van der Waals surface area contributed by atoms with Crippen molar-refractivity contribution >= 4 is 22.8 Å². The fourth-order valence-corrected chi connectivity index (χ4v) is 4.01. The summed E-state index contributed by atoms with van der Waals surface area (Å²) >= 11 is 0. The number of para-hydroxylation sites is 1. The number of fused-ring (bicyclic) bond motifs is 1. The van der Waals surface area contributed by atoms with Gasteiger partial charge in [0.1, 0.15) is 12.1 Å². The van der Waals surface area contributed by atoms with Gasteiger partial charge in [-0.15, -0.1) is 0 Å². The Balaban J connectivity index is 1.64. The quantitative estimate of drug-likeness (QED) is 0.683. The van der Waals surface area contributed by atoms with E-state index in [1.165, 1.54) is 0 Å². The first-order valence-corrected chi connectivity index (χ1v) is 10.0. The summed E-state index contributed by atoms with van der Waals surface area (Å²) in [5, 5.41) is 5.46. The van der Waals surface area contributed by atoms with E-state index in [0.717, 1.165) is 55.0 Å².